The van der Waals surface area contributed by atoms with Gasteiger partial charge in [-0.3, -0.25) is 40.5 Å². The lowest BCUT2D eigenvalue weighted by Gasteiger charge is -2.06. The van der Waals surface area contributed by atoms with Crippen molar-refractivity contribution in [2.75, 3.05) is 21.3 Å². The number of H-pyrrole nitrogens is 4. The van der Waals surface area contributed by atoms with Crippen molar-refractivity contribution < 1.29 is 19.7 Å². The van der Waals surface area contributed by atoms with Gasteiger partial charge in [0.15, 0.2) is 0 Å². The van der Waals surface area contributed by atoms with Gasteiger partial charge in [0.2, 0.25) is 0 Å². The molecule has 0 saturated heterocycles. The Balaban J connectivity index is 1.34. The molecule has 0 spiro atoms. The molecule has 0 unspecified atom stereocenters. The maximum atomic E-state index is 11.8. The third-order valence-corrected chi connectivity index (χ3v) is 9.01. The Bertz CT molecular complexity index is 2510. The summed E-state index contributed by atoms with van der Waals surface area (Å²) in [5.41, 5.74) is -0.710. The van der Waals surface area contributed by atoms with E-state index >= 15 is 0 Å². The average Bonchev–Trinajstić information content (AvgIpc) is 3.85. The molecular formula is C32H20N12O8. The fourth-order valence-electron chi connectivity index (χ4n) is 6.61. The summed E-state index contributed by atoms with van der Waals surface area (Å²) in [5.74, 6) is 2.76. The molecule has 20 heteroatoms. The third kappa shape index (κ3) is 4.55. The highest BCUT2D eigenvalue weighted by atomic mass is 16.6. The van der Waals surface area contributed by atoms with Crippen LogP contribution in [0.4, 0.5) is 69.3 Å². The van der Waals surface area contributed by atoms with Crippen LogP contribution >= 0.6 is 0 Å². The molecule has 1 aliphatic heterocycles. The molecular weight excluding hydrogens is 680 g/mol. The van der Waals surface area contributed by atoms with E-state index in [0.29, 0.717) is 89.6 Å². The van der Waals surface area contributed by atoms with Gasteiger partial charge in [-0.1, -0.05) is 0 Å². The van der Waals surface area contributed by atoms with E-state index in [4.69, 9.17) is 0 Å². The average molecular weight is 701 g/mol. The van der Waals surface area contributed by atoms with Crippen LogP contribution in [-0.4, -0.2) is 39.6 Å². The zero-order valence-corrected chi connectivity index (χ0v) is 26.0. The second-order valence-corrected chi connectivity index (χ2v) is 11.9. The molecule has 4 aromatic carbocycles. The molecule has 8 aromatic rings. The van der Waals surface area contributed by atoms with Crippen molar-refractivity contribution in [1.82, 2.24) is 19.9 Å². The van der Waals surface area contributed by atoms with Crippen molar-refractivity contribution in [3.8, 4) is 0 Å². The molecule has 0 radical (unpaired) electrons. The van der Waals surface area contributed by atoms with Crippen molar-refractivity contribution in [1.29, 1.82) is 0 Å². The van der Waals surface area contributed by atoms with Crippen LogP contribution in [0.15, 0.2) is 72.8 Å². The van der Waals surface area contributed by atoms with Crippen LogP contribution in [0.5, 0.6) is 0 Å². The summed E-state index contributed by atoms with van der Waals surface area (Å²) >= 11 is 0. The Kier molecular flexibility index (Phi) is 6.14. The minimum atomic E-state index is -0.525. The van der Waals surface area contributed by atoms with Crippen molar-refractivity contribution in [3.05, 3.63) is 113 Å². The van der Waals surface area contributed by atoms with Gasteiger partial charge in [0.05, 0.1) is 19.7 Å². The number of nitro groups is 4. The molecule has 1 aliphatic rings. The second kappa shape index (κ2) is 10.7. The summed E-state index contributed by atoms with van der Waals surface area (Å²) in [6.07, 6.45) is 0. The highest BCUT2D eigenvalue weighted by Crippen LogP contribution is 2.44. The Morgan fingerprint density at radius 3 is 0.692 bits per heavy atom. The van der Waals surface area contributed by atoms with Crippen molar-refractivity contribution in [3.63, 3.8) is 0 Å². The number of hydrogen-bond acceptors (Lipinski definition) is 12. The number of nitrogens with one attached hydrogen (secondary N) is 8. The molecule has 0 saturated carbocycles. The maximum absolute atomic E-state index is 11.8. The van der Waals surface area contributed by atoms with Gasteiger partial charge in [-0.15, -0.1) is 0 Å². The van der Waals surface area contributed by atoms with E-state index in [1.807, 2.05) is 0 Å². The van der Waals surface area contributed by atoms with E-state index < -0.39 is 19.7 Å². The fraction of sp³-hybridized carbons (Fsp3) is 0. The number of aromatic amines is 4. The zero-order chi connectivity index (χ0) is 36.0. The number of benzene rings is 4. The van der Waals surface area contributed by atoms with Gasteiger partial charge in [-0.25, -0.2) is 0 Å². The molecule has 0 fully saturated rings. The minimum absolute atomic E-state index is 0.178. The topological polar surface area (TPSA) is 284 Å². The fourth-order valence-corrected chi connectivity index (χ4v) is 6.61. The van der Waals surface area contributed by atoms with E-state index in [9.17, 15) is 40.5 Å². The lowest BCUT2D eigenvalue weighted by Crippen LogP contribution is -1.97. The van der Waals surface area contributed by atoms with E-state index in [1.165, 1.54) is 48.5 Å². The molecule has 5 heterocycles. The number of aromatic nitrogens is 4. The van der Waals surface area contributed by atoms with E-state index in [1.54, 1.807) is 24.3 Å². The number of anilines is 8. The Hall–Kier alpha value is -8.16. The predicted octanol–water partition coefficient (Wildman–Crippen LogP) is 8.53. The van der Waals surface area contributed by atoms with Crippen molar-refractivity contribution in [2.24, 2.45) is 0 Å². The van der Waals surface area contributed by atoms with Gasteiger partial charge < -0.3 is 41.2 Å². The lowest BCUT2D eigenvalue weighted by molar-refractivity contribution is -0.384. The molecule has 8 N–H and O–H groups in total. The number of non-ortho nitro benzene ring substituents is 4. The number of rotatable bonds is 4. The lowest BCUT2D eigenvalue weighted by atomic mass is 10.1. The highest BCUT2D eigenvalue weighted by Gasteiger charge is 2.24. The maximum Gasteiger partial charge on any atom is 0.270 e. The Morgan fingerprint density at radius 1 is 0.308 bits per heavy atom. The van der Waals surface area contributed by atoms with Gasteiger partial charge in [0, 0.05) is 91.6 Å². The van der Waals surface area contributed by atoms with Crippen molar-refractivity contribution in [2.45, 2.75) is 0 Å². The van der Waals surface area contributed by atoms with Crippen LogP contribution < -0.4 is 21.3 Å². The molecule has 52 heavy (non-hydrogen) atoms. The summed E-state index contributed by atoms with van der Waals surface area (Å²) in [6, 6.07) is 17.2. The first-order chi connectivity index (χ1) is 25.0. The van der Waals surface area contributed by atoms with E-state index in [0.717, 1.165) is 0 Å². The molecule has 0 atom stereocenters. The first-order valence-corrected chi connectivity index (χ1v) is 15.3. The molecule has 256 valence electrons. The number of nitro benzene ring substituents is 4. The van der Waals surface area contributed by atoms with Crippen LogP contribution in [0.2, 0.25) is 0 Å². The molecule has 0 amide bonds. The normalized spacial score (nSPS) is 12.3. The molecule has 0 aliphatic carbocycles. The van der Waals surface area contributed by atoms with Gasteiger partial charge >= 0.3 is 0 Å². The predicted molar refractivity (Wildman–Crippen MR) is 193 cm³/mol. The van der Waals surface area contributed by atoms with Crippen molar-refractivity contribution >= 4 is 112 Å². The summed E-state index contributed by atoms with van der Waals surface area (Å²) in [5, 5.41) is 64.1. The summed E-state index contributed by atoms with van der Waals surface area (Å²) in [6.45, 7) is 0. The quantitative estimate of drug-likeness (QED) is 0.0633. The highest BCUT2D eigenvalue weighted by molar-refractivity contribution is 6.13. The van der Waals surface area contributed by atoms with Crippen LogP contribution in [0, 0.1) is 40.5 Å². The minimum Gasteiger partial charge on any atom is -0.327 e. The monoisotopic (exact) mass is 700 g/mol. The van der Waals surface area contributed by atoms with Crippen LogP contribution in [0.25, 0.3) is 43.1 Å². The number of fused-ring (bicyclic) bond motifs is 20. The summed E-state index contributed by atoms with van der Waals surface area (Å²) in [7, 11) is 0. The van der Waals surface area contributed by atoms with Crippen LogP contribution in [-0.2, 0) is 0 Å². The third-order valence-electron chi connectivity index (χ3n) is 9.01. The van der Waals surface area contributed by atoms with Gasteiger partial charge in [-0.05, 0) is 24.3 Å². The van der Waals surface area contributed by atoms with Gasteiger partial charge in [-0.2, -0.15) is 0 Å². The van der Waals surface area contributed by atoms with Crippen LogP contribution in [0.3, 0.4) is 0 Å². The van der Waals surface area contributed by atoms with Gasteiger partial charge in [0.25, 0.3) is 22.7 Å². The molecule has 9 rings (SSSR count). The molecule has 4 aromatic heterocycles. The van der Waals surface area contributed by atoms with E-state index in [-0.39, 0.29) is 22.7 Å². The first kappa shape index (κ1) is 29.9. The Labute approximate surface area is 286 Å². The smallest absolute Gasteiger partial charge is 0.270 e. The summed E-state index contributed by atoms with van der Waals surface area (Å²) < 4.78 is 0. The zero-order valence-electron chi connectivity index (χ0n) is 26.0. The SMILES string of the molecule is O=[N+]([O-])c1ccc2c3[nH]c(c2c1)Nc1[nH]c(c2cc([N+](=O)[O-])ccc12)Nc1[nH]c(c2cc([N+](=O)[O-])ccc12)Nc1[nH]c(c2cc([N+](=O)[O-])ccc12)N3. The number of nitrogens with zero attached hydrogens (tertiary/aromatic N) is 4. The second-order valence-electron chi connectivity index (χ2n) is 11.9. The van der Waals surface area contributed by atoms with E-state index in [2.05, 4.69) is 41.2 Å². The Morgan fingerprint density at radius 2 is 0.500 bits per heavy atom. The molecule has 20 nitrogen and oxygen atoms in total. The largest absolute Gasteiger partial charge is 0.327 e. The molecule has 8 bridgehead atoms. The standard InChI is InChI=1S/C32H20N12O8/c45-41(46)13-1-5-17-21(9-13)29-33-25(17)37-30-22-10-14(42(47)48)2-6-18(22)27(34-30)39-32-24-12-16(44(51)52)4-8-20(24)28(36-32)40-31-23-11-15(43(49)50)3-7-19(23)26(35-31)38-29/h1-12,33-40H. The van der Waals surface area contributed by atoms with Gasteiger partial charge in [0.1, 0.15) is 46.5 Å². The summed E-state index contributed by atoms with van der Waals surface area (Å²) in [4.78, 5) is 58.1. The number of hydrogen-bond donors (Lipinski definition) is 8. The first-order valence-electron chi connectivity index (χ1n) is 15.3. The van der Waals surface area contributed by atoms with Crippen LogP contribution in [0.1, 0.15) is 0 Å².